The summed E-state index contributed by atoms with van der Waals surface area (Å²) in [5.41, 5.74) is 0.454. The molecule has 0 bridgehead atoms. The third kappa shape index (κ3) is 6.37. The third-order valence-electron chi connectivity index (χ3n) is 3.83. The van der Waals surface area contributed by atoms with Crippen LogP contribution in [0, 0.1) is 0 Å². The van der Waals surface area contributed by atoms with Crippen molar-refractivity contribution in [2.45, 2.75) is 25.4 Å². The van der Waals surface area contributed by atoms with Gasteiger partial charge in [0.2, 0.25) is 0 Å². The molecule has 8 heteroatoms. The lowest BCUT2D eigenvalue weighted by Crippen LogP contribution is -2.11. The number of rotatable bonds is 8. The normalized spacial score (nSPS) is 12.3. The van der Waals surface area contributed by atoms with Gasteiger partial charge in [0.15, 0.2) is 5.76 Å². The molecule has 0 spiro atoms. The lowest BCUT2D eigenvalue weighted by Gasteiger charge is -2.12. The molecule has 0 fully saturated rings. The number of carbonyl (C=O) groups is 1. The largest absolute Gasteiger partial charge is 0.458 e. The van der Waals surface area contributed by atoms with E-state index in [4.69, 9.17) is 4.74 Å². The molecule has 0 radical (unpaired) electrons. The molecule has 0 saturated heterocycles. The molecule has 0 heterocycles. The molecule has 150 valence electrons. The van der Waals surface area contributed by atoms with Crippen LogP contribution in [0.15, 0.2) is 60.4 Å². The van der Waals surface area contributed by atoms with Gasteiger partial charge in [0.1, 0.15) is 18.0 Å². The molecule has 3 nitrogen and oxygen atoms in total. The third-order valence-corrected chi connectivity index (χ3v) is 3.83. The first-order chi connectivity index (χ1) is 13.3. The van der Waals surface area contributed by atoms with Crippen LogP contribution in [0.3, 0.4) is 0 Å². The van der Waals surface area contributed by atoms with E-state index >= 15 is 0 Å². The van der Waals surface area contributed by atoms with E-state index in [9.17, 15) is 26.9 Å². The molecule has 0 aromatic heterocycles. The van der Waals surface area contributed by atoms with E-state index in [-0.39, 0.29) is 24.2 Å². The van der Waals surface area contributed by atoms with Gasteiger partial charge >= 0.3 is 12.1 Å². The minimum Gasteiger partial charge on any atom is -0.458 e. The molecule has 0 saturated carbocycles. The highest BCUT2D eigenvalue weighted by molar-refractivity contribution is 6.17. The Balaban J connectivity index is 2.18. The highest BCUT2D eigenvalue weighted by Gasteiger charge is 2.26. The van der Waals surface area contributed by atoms with E-state index in [1.54, 1.807) is 18.2 Å². The number of hydrogen-bond donors (Lipinski definition) is 0. The summed E-state index contributed by atoms with van der Waals surface area (Å²) in [6, 6.07) is 13.7. The average Bonchev–Trinajstić information content (AvgIpc) is 2.68. The topological polar surface area (TPSA) is 35.5 Å². The predicted octanol–water partition coefficient (Wildman–Crippen LogP) is 5.76. The number of halogens is 5. The van der Waals surface area contributed by atoms with Crippen LogP contribution in [0.5, 0.6) is 5.75 Å². The SMILES string of the molecule is O=C(OF)C(=C(CF)Oc1ccc(CCCC(F)(F)F)cc1)c1ccccc1. The standard InChI is InChI=1S/C20H17F5O3/c21-13-17(18(19(26)28-25)15-6-2-1-3-7-15)27-16-10-8-14(9-11-16)5-4-12-20(22,23)24/h1-3,6-11H,4-5,12-13H2. The summed E-state index contributed by atoms with van der Waals surface area (Å²) in [6.45, 7) is -1.20. The van der Waals surface area contributed by atoms with Crippen LogP contribution < -0.4 is 4.74 Å². The molecule has 0 aliphatic heterocycles. The Hall–Kier alpha value is -2.90. The number of hydrogen-bond acceptors (Lipinski definition) is 3. The minimum absolute atomic E-state index is 0.0557. The molecule has 0 unspecified atom stereocenters. The lowest BCUT2D eigenvalue weighted by atomic mass is 10.0. The molecular weight excluding hydrogens is 383 g/mol. The molecule has 0 aliphatic rings. The van der Waals surface area contributed by atoms with Gasteiger partial charge in [-0.15, -0.1) is 0 Å². The fourth-order valence-electron chi connectivity index (χ4n) is 2.54. The Labute approximate surface area is 158 Å². The number of carbonyl (C=O) groups excluding carboxylic acids is 1. The second kappa shape index (κ2) is 9.87. The predicted molar refractivity (Wildman–Crippen MR) is 92.6 cm³/mol. The van der Waals surface area contributed by atoms with Crippen LogP contribution in [0.2, 0.25) is 0 Å². The van der Waals surface area contributed by atoms with E-state index < -0.39 is 36.6 Å². The van der Waals surface area contributed by atoms with Crippen LogP contribution in [-0.2, 0) is 16.2 Å². The summed E-state index contributed by atoms with van der Waals surface area (Å²) in [6.07, 6.45) is -4.93. The summed E-state index contributed by atoms with van der Waals surface area (Å²) in [5.74, 6) is -1.70. The van der Waals surface area contributed by atoms with E-state index in [0.717, 1.165) is 0 Å². The fourth-order valence-corrected chi connectivity index (χ4v) is 2.54. The Kier molecular flexibility index (Phi) is 7.54. The van der Waals surface area contributed by atoms with Crippen LogP contribution in [0.25, 0.3) is 5.57 Å². The quantitative estimate of drug-likeness (QED) is 0.321. The van der Waals surface area contributed by atoms with Gasteiger partial charge in [-0.05, 0) is 36.1 Å². The summed E-state index contributed by atoms with van der Waals surface area (Å²) in [4.78, 5) is 15.0. The molecule has 0 amide bonds. The van der Waals surface area contributed by atoms with Gasteiger partial charge in [-0.1, -0.05) is 42.5 Å². The zero-order chi connectivity index (χ0) is 20.6. The van der Waals surface area contributed by atoms with Crippen molar-refractivity contribution in [3.63, 3.8) is 0 Å². The van der Waals surface area contributed by atoms with Crippen molar-refractivity contribution in [3.8, 4) is 5.75 Å². The molecule has 2 rings (SSSR count). The molecule has 0 N–H and O–H groups in total. The highest BCUT2D eigenvalue weighted by Crippen LogP contribution is 2.26. The van der Waals surface area contributed by atoms with Crippen LogP contribution in [0.4, 0.5) is 22.1 Å². The van der Waals surface area contributed by atoms with Crippen LogP contribution in [0.1, 0.15) is 24.0 Å². The number of allylic oxidation sites excluding steroid dienone is 1. The smallest absolute Gasteiger partial charge is 0.389 e. The molecule has 0 atom stereocenters. The van der Waals surface area contributed by atoms with E-state index in [2.05, 4.69) is 4.94 Å². The zero-order valence-corrected chi connectivity index (χ0v) is 14.6. The van der Waals surface area contributed by atoms with Crippen molar-refractivity contribution < 1.29 is 36.6 Å². The van der Waals surface area contributed by atoms with Gasteiger partial charge in [-0.3, -0.25) is 0 Å². The second-order valence-electron chi connectivity index (χ2n) is 5.88. The molecule has 2 aromatic rings. The Bertz CT molecular complexity index is 799. The summed E-state index contributed by atoms with van der Waals surface area (Å²) < 4.78 is 67.9. The number of ether oxygens (including phenoxy) is 1. The van der Waals surface area contributed by atoms with Crippen LogP contribution in [-0.4, -0.2) is 18.8 Å². The highest BCUT2D eigenvalue weighted by atomic mass is 19.4. The zero-order valence-electron chi connectivity index (χ0n) is 14.6. The van der Waals surface area contributed by atoms with Crippen molar-refractivity contribution in [3.05, 3.63) is 71.5 Å². The Morgan fingerprint density at radius 1 is 0.964 bits per heavy atom. The Morgan fingerprint density at radius 3 is 2.14 bits per heavy atom. The number of alkyl halides is 4. The first-order valence-corrected chi connectivity index (χ1v) is 8.35. The average molecular weight is 400 g/mol. The Morgan fingerprint density at radius 2 is 1.61 bits per heavy atom. The maximum absolute atomic E-state index is 13.5. The van der Waals surface area contributed by atoms with Gasteiger partial charge in [0.05, 0.1) is 0 Å². The minimum atomic E-state index is -4.21. The van der Waals surface area contributed by atoms with Crippen molar-refractivity contribution in [2.24, 2.45) is 0 Å². The van der Waals surface area contributed by atoms with E-state index in [1.165, 1.54) is 36.4 Å². The number of aryl methyl sites for hydroxylation is 1. The summed E-state index contributed by atoms with van der Waals surface area (Å²) in [7, 11) is 0. The van der Waals surface area contributed by atoms with Crippen molar-refractivity contribution in [1.82, 2.24) is 0 Å². The lowest BCUT2D eigenvalue weighted by molar-refractivity contribution is -0.175. The van der Waals surface area contributed by atoms with Gasteiger partial charge in [-0.2, -0.15) is 13.2 Å². The van der Waals surface area contributed by atoms with Crippen molar-refractivity contribution >= 4 is 11.5 Å². The van der Waals surface area contributed by atoms with E-state index in [0.29, 0.717) is 5.56 Å². The second-order valence-corrected chi connectivity index (χ2v) is 5.88. The molecular formula is C20H17F5O3. The summed E-state index contributed by atoms with van der Waals surface area (Å²) >= 11 is 0. The van der Waals surface area contributed by atoms with Gasteiger partial charge < -0.3 is 4.74 Å². The maximum Gasteiger partial charge on any atom is 0.389 e. The number of benzene rings is 2. The molecule has 28 heavy (non-hydrogen) atoms. The first-order valence-electron chi connectivity index (χ1n) is 8.35. The van der Waals surface area contributed by atoms with Crippen molar-refractivity contribution in [2.75, 3.05) is 6.67 Å². The summed E-state index contributed by atoms with van der Waals surface area (Å²) in [5, 5.41) is 0. The van der Waals surface area contributed by atoms with Crippen molar-refractivity contribution in [1.29, 1.82) is 0 Å². The van der Waals surface area contributed by atoms with Crippen LogP contribution >= 0.6 is 0 Å². The maximum atomic E-state index is 13.5. The fraction of sp³-hybridized carbons (Fsp3) is 0.250. The first kappa shape index (κ1) is 21.4. The molecule has 0 aliphatic carbocycles. The van der Waals surface area contributed by atoms with E-state index in [1.807, 2.05) is 0 Å². The molecule has 2 aromatic carbocycles. The monoisotopic (exact) mass is 400 g/mol. The van der Waals surface area contributed by atoms with Gasteiger partial charge in [-0.25, -0.2) is 14.1 Å². The van der Waals surface area contributed by atoms with Gasteiger partial charge in [0.25, 0.3) is 0 Å². The van der Waals surface area contributed by atoms with Gasteiger partial charge in [0, 0.05) is 10.9 Å².